The quantitative estimate of drug-likeness (QED) is 0.345. The van der Waals surface area contributed by atoms with E-state index in [1.165, 1.54) is 0 Å². The zero-order valence-corrected chi connectivity index (χ0v) is 25.0. The summed E-state index contributed by atoms with van der Waals surface area (Å²) < 4.78 is 5.38. The number of carbonyl (C=O) groups is 3. The van der Waals surface area contributed by atoms with Crippen LogP contribution >= 0.6 is 0 Å². The molecule has 0 aliphatic rings. The molecule has 0 spiro atoms. The Morgan fingerprint density at radius 3 is 2.08 bits per heavy atom. The van der Waals surface area contributed by atoms with Gasteiger partial charge in [0.2, 0.25) is 11.8 Å². The van der Waals surface area contributed by atoms with Crippen molar-refractivity contribution >= 4 is 17.9 Å². The smallest absolute Gasteiger partial charge is 0.408 e. The highest BCUT2D eigenvalue weighted by molar-refractivity contribution is 5.92. The third kappa shape index (κ3) is 10.7. The van der Waals surface area contributed by atoms with Crippen LogP contribution in [0, 0.1) is 19.8 Å². The summed E-state index contributed by atoms with van der Waals surface area (Å²) >= 11 is 0. The highest BCUT2D eigenvalue weighted by atomic mass is 16.6. The summed E-state index contributed by atoms with van der Waals surface area (Å²) in [7, 11) is 0. The van der Waals surface area contributed by atoms with Crippen LogP contribution < -0.4 is 10.6 Å². The van der Waals surface area contributed by atoms with Gasteiger partial charge in [-0.2, -0.15) is 0 Å². The average molecular weight is 518 g/mol. The summed E-state index contributed by atoms with van der Waals surface area (Å²) in [6.07, 6.45) is 2.78. The maximum atomic E-state index is 14.0. The summed E-state index contributed by atoms with van der Waals surface area (Å²) in [4.78, 5) is 42.0. The molecule has 0 radical (unpaired) electrons. The number of hydrogen-bond donors (Lipinski definition) is 2. The van der Waals surface area contributed by atoms with Crippen LogP contribution in [0.3, 0.4) is 0 Å². The third-order valence-electron chi connectivity index (χ3n) is 6.35. The third-order valence-corrected chi connectivity index (χ3v) is 6.35. The Kier molecular flexibility index (Phi) is 12.6. The number of ether oxygens (including phenoxy) is 1. The van der Waals surface area contributed by atoms with Crippen LogP contribution in [0.1, 0.15) is 111 Å². The van der Waals surface area contributed by atoms with Crippen LogP contribution in [0.15, 0.2) is 18.2 Å². The molecule has 0 fully saturated rings. The number of carbonyl (C=O) groups excluding carboxylic acids is 3. The van der Waals surface area contributed by atoms with E-state index in [2.05, 4.69) is 31.4 Å². The van der Waals surface area contributed by atoms with Gasteiger partial charge in [-0.3, -0.25) is 9.59 Å². The van der Waals surface area contributed by atoms with E-state index in [-0.39, 0.29) is 23.9 Å². The molecule has 7 heteroatoms. The zero-order valence-electron chi connectivity index (χ0n) is 25.0. The van der Waals surface area contributed by atoms with E-state index in [1.807, 2.05) is 45.9 Å². The highest BCUT2D eigenvalue weighted by Gasteiger charge is 2.38. The van der Waals surface area contributed by atoms with Crippen LogP contribution in [0.4, 0.5) is 4.79 Å². The van der Waals surface area contributed by atoms with E-state index in [0.29, 0.717) is 5.92 Å². The lowest BCUT2D eigenvalue weighted by atomic mass is 9.93. The number of nitrogens with one attached hydrogen (secondary N) is 2. The van der Waals surface area contributed by atoms with Crippen molar-refractivity contribution < 1.29 is 19.1 Å². The van der Waals surface area contributed by atoms with Gasteiger partial charge in [0.15, 0.2) is 0 Å². The van der Waals surface area contributed by atoms with Crippen molar-refractivity contribution in [3.05, 3.63) is 34.9 Å². The fourth-order valence-electron chi connectivity index (χ4n) is 4.46. The Morgan fingerprint density at radius 2 is 1.57 bits per heavy atom. The van der Waals surface area contributed by atoms with E-state index < -0.39 is 23.8 Å². The zero-order chi connectivity index (χ0) is 28.5. The van der Waals surface area contributed by atoms with E-state index in [1.54, 1.807) is 32.6 Å². The second-order valence-corrected chi connectivity index (χ2v) is 11.9. The van der Waals surface area contributed by atoms with Gasteiger partial charge in [-0.15, -0.1) is 0 Å². The molecule has 0 saturated carbocycles. The highest BCUT2D eigenvalue weighted by Crippen LogP contribution is 2.30. The van der Waals surface area contributed by atoms with Crippen molar-refractivity contribution in [3.8, 4) is 0 Å². The minimum absolute atomic E-state index is 0.0222. The maximum Gasteiger partial charge on any atom is 0.408 e. The van der Waals surface area contributed by atoms with Crippen LogP contribution in [-0.4, -0.2) is 46.5 Å². The second kappa shape index (κ2) is 14.4. The summed E-state index contributed by atoms with van der Waals surface area (Å²) in [6, 6.07) is 4.02. The Labute approximate surface area is 225 Å². The molecule has 2 N–H and O–H groups in total. The monoisotopic (exact) mass is 517 g/mol. The number of rotatable bonds is 12. The standard InChI is InChI=1S/C30H51N3O4/c1-12-13-22(6)31-27(34)26(25-17-15-20(4)18-21(25)5)33(23(7)16-14-19(2)3)28(35)24(8)32-29(36)37-30(9,10)11/h15,17-19,22-24,26H,12-14,16H2,1-11H3,(H,31,34)(H,32,36). The minimum atomic E-state index is -0.870. The summed E-state index contributed by atoms with van der Waals surface area (Å²) in [6.45, 7) is 21.3. The van der Waals surface area contributed by atoms with E-state index in [4.69, 9.17) is 4.74 Å². The van der Waals surface area contributed by atoms with Gasteiger partial charge in [0.1, 0.15) is 17.7 Å². The molecular weight excluding hydrogens is 466 g/mol. The number of benzene rings is 1. The number of amides is 3. The van der Waals surface area contributed by atoms with Crippen molar-refractivity contribution in [3.63, 3.8) is 0 Å². The van der Waals surface area contributed by atoms with Gasteiger partial charge in [-0.25, -0.2) is 4.79 Å². The molecule has 0 aliphatic carbocycles. The number of alkyl carbamates (subject to hydrolysis) is 1. The molecule has 3 amide bonds. The molecule has 37 heavy (non-hydrogen) atoms. The topological polar surface area (TPSA) is 87.7 Å². The molecule has 1 rings (SSSR count). The summed E-state index contributed by atoms with van der Waals surface area (Å²) in [5.41, 5.74) is 2.14. The molecule has 0 saturated heterocycles. The van der Waals surface area contributed by atoms with Crippen molar-refractivity contribution in [1.29, 1.82) is 0 Å². The predicted molar refractivity (Wildman–Crippen MR) is 150 cm³/mol. The Balaban J connectivity index is 3.53. The SMILES string of the molecule is CCCC(C)NC(=O)C(c1ccc(C)cc1C)N(C(=O)C(C)NC(=O)OC(C)(C)C)C(C)CCC(C)C. The molecule has 0 aromatic heterocycles. The largest absolute Gasteiger partial charge is 0.444 e. The van der Waals surface area contributed by atoms with Gasteiger partial charge in [0.05, 0.1) is 0 Å². The molecule has 0 aliphatic heterocycles. The number of aryl methyl sites for hydroxylation is 2. The molecule has 7 nitrogen and oxygen atoms in total. The van der Waals surface area contributed by atoms with Gasteiger partial charge in [0.25, 0.3) is 0 Å². The lowest BCUT2D eigenvalue weighted by Crippen LogP contribution is -2.55. The summed E-state index contributed by atoms with van der Waals surface area (Å²) in [5, 5.41) is 5.82. The first-order valence-corrected chi connectivity index (χ1v) is 13.8. The Hall–Kier alpha value is -2.57. The van der Waals surface area contributed by atoms with E-state index in [9.17, 15) is 14.4 Å². The molecule has 4 atom stereocenters. The molecule has 210 valence electrons. The van der Waals surface area contributed by atoms with Crippen molar-refractivity contribution in [1.82, 2.24) is 15.5 Å². The van der Waals surface area contributed by atoms with Gasteiger partial charge in [0, 0.05) is 12.1 Å². The van der Waals surface area contributed by atoms with E-state index in [0.717, 1.165) is 42.4 Å². The number of hydrogen-bond acceptors (Lipinski definition) is 4. The first-order valence-electron chi connectivity index (χ1n) is 13.8. The van der Waals surface area contributed by atoms with E-state index >= 15 is 0 Å². The van der Waals surface area contributed by atoms with Crippen LogP contribution in [0.25, 0.3) is 0 Å². The molecule has 0 heterocycles. The Morgan fingerprint density at radius 1 is 0.946 bits per heavy atom. The molecule has 0 bridgehead atoms. The summed E-state index contributed by atoms with van der Waals surface area (Å²) in [5.74, 6) is -0.0674. The van der Waals surface area contributed by atoms with Crippen molar-refractivity contribution in [2.24, 2.45) is 5.92 Å². The predicted octanol–water partition coefficient (Wildman–Crippen LogP) is 6.22. The van der Waals surface area contributed by atoms with Crippen LogP contribution in [0.2, 0.25) is 0 Å². The molecule has 4 unspecified atom stereocenters. The maximum absolute atomic E-state index is 14.0. The minimum Gasteiger partial charge on any atom is -0.444 e. The normalized spacial score (nSPS) is 14.9. The molecule has 1 aromatic carbocycles. The lowest BCUT2D eigenvalue weighted by Gasteiger charge is -2.39. The van der Waals surface area contributed by atoms with Gasteiger partial charge >= 0.3 is 6.09 Å². The molecular formula is C30H51N3O4. The Bertz CT molecular complexity index is 907. The van der Waals surface area contributed by atoms with Gasteiger partial charge in [-0.05, 0) is 91.7 Å². The van der Waals surface area contributed by atoms with Crippen molar-refractivity contribution in [2.45, 2.75) is 132 Å². The first-order chi connectivity index (χ1) is 17.1. The van der Waals surface area contributed by atoms with Crippen LogP contribution in [0.5, 0.6) is 0 Å². The van der Waals surface area contributed by atoms with Gasteiger partial charge < -0.3 is 20.3 Å². The van der Waals surface area contributed by atoms with Gasteiger partial charge in [-0.1, -0.05) is 51.0 Å². The lowest BCUT2D eigenvalue weighted by molar-refractivity contribution is -0.145. The second-order valence-electron chi connectivity index (χ2n) is 11.9. The number of nitrogens with zero attached hydrogens (tertiary/aromatic N) is 1. The average Bonchev–Trinajstić information content (AvgIpc) is 2.74. The van der Waals surface area contributed by atoms with Crippen molar-refractivity contribution in [2.75, 3.05) is 0 Å². The fourth-order valence-corrected chi connectivity index (χ4v) is 4.46. The fraction of sp³-hybridized carbons (Fsp3) is 0.700. The first kappa shape index (κ1) is 32.5. The molecule has 1 aromatic rings. The van der Waals surface area contributed by atoms with Crippen LogP contribution in [-0.2, 0) is 14.3 Å².